The molecule has 2 amide bonds. The molecular weight excluding hydrogens is 244 g/mol. The van der Waals surface area contributed by atoms with Crippen molar-refractivity contribution in [3.05, 3.63) is 29.3 Å². The van der Waals surface area contributed by atoms with Gasteiger partial charge >= 0.3 is 0 Å². The Balaban J connectivity index is 2.34. The van der Waals surface area contributed by atoms with E-state index in [-0.39, 0.29) is 17.9 Å². The number of ether oxygens (including phenoxy) is 1. The van der Waals surface area contributed by atoms with Gasteiger partial charge in [0.05, 0.1) is 11.7 Å². The third-order valence-corrected chi connectivity index (χ3v) is 2.92. The summed E-state index contributed by atoms with van der Waals surface area (Å²) in [5.41, 5.74) is 0.883. The number of carbonyl (C=O) groups is 2. The third kappa shape index (κ3) is 3.05. The largest absolute Gasteiger partial charge is 0.490 e. The van der Waals surface area contributed by atoms with Crippen LogP contribution in [0.5, 0.6) is 5.75 Å². The highest BCUT2D eigenvalue weighted by atomic mass is 16.5. The molecule has 1 fully saturated rings. The number of carbonyl (C=O) groups excluding carboxylic acids is 2. The van der Waals surface area contributed by atoms with Gasteiger partial charge < -0.3 is 15.0 Å². The summed E-state index contributed by atoms with van der Waals surface area (Å²) in [4.78, 5) is 25.2. The number of amides is 2. The summed E-state index contributed by atoms with van der Waals surface area (Å²) in [6, 6.07) is 4.96. The van der Waals surface area contributed by atoms with E-state index in [2.05, 4.69) is 5.32 Å². The molecule has 1 aromatic rings. The summed E-state index contributed by atoms with van der Waals surface area (Å²) in [7, 11) is 4.91. The van der Waals surface area contributed by atoms with Gasteiger partial charge in [0.25, 0.3) is 11.8 Å². The smallest absolute Gasteiger partial charge is 0.254 e. The predicted molar refractivity (Wildman–Crippen MR) is 71.5 cm³/mol. The van der Waals surface area contributed by atoms with Crippen molar-refractivity contribution >= 4 is 11.8 Å². The van der Waals surface area contributed by atoms with Gasteiger partial charge in [-0.25, -0.2) is 0 Å². The first kappa shape index (κ1) is 13.4. The van der Waals surface area contributed by atoms with Crippen molar-refractivity contribution in [2.45, 2.75) is 18.9 Å². The Labute approximate surface area is 112 Å². The van der Waals surface area contributed by atoms with E-state index in [9.17, 15) is 9.59 Å². The van der Waals surface area contributed by atoms with Crippen LogP contribution < -0.4 is 10.1 Å². The van der Waals surface area contributed by atoms with Crippen molar-refractivity contribution in [3.8, 4) is 5.75 Å². The molecule has 0 heterocycles. The number of nitrogens with zero attached hydrogens (tertiary/aromatic N) is 1. The minimum Gasteiger partial charge on any atom is -0.490 e. The van der Waals surface area contributed by atoms with E-state index in [0.717, 1.165) is 12.8 Å². The van der Waals surface area contributed by atoms with Crippen LogP contribution in [0.25, 0.3) is 0 Å². The number of rotatable bonds is 4. The van der Waals surface area contributed by atoms with E-state index in [1.54, 1.807) is 39.3 Å². The van der Waals surface area contributed by atoms with Crippen LogP contribution in [0.2, 0.25) is 0 Å². The Hall–Kier alpha value is -2.04. The van der Waals surface area contributed by atoms with Crippen LogP contribution in [-0.2, 0) is 0 Å². The zero-order valence-corrected chi connectivity index (χ0v) is 11.4. The summed E-state index contributed by atoms with van der Waals surface area (Å²) in [5.74, 6) is 0.157. The average molecular weight is 262 g/mol. The molecule has 0 atom stereocenters. The van der Waals surface area contributed by atoms with Gasteiger partial charge in [-0.15, -0.1) is 0 Å². The SMILES string of the molecule is CNC(=O)c1cc(C(=O)N(C)C)ccc1OC1CC1. The number of nitrogens with one attached hydrogen (secondary N) is 1. The lowest BCUT2D eigenvalue weighted by molar-refractivity contribution is 0.0827. The summed E-state index contributed by atoms with van der Waals surface area (Å²) in [6.07, 6.45) is 2.25. The molecule has 1 aliphatic carbocycles. The van der Waals surface area contributed by atoms with E-state index < -0.39 is 0 Å². The Bertz CT molecular complexity index is 507. The van der Waals surface area contributed by atoms with E-state index >= 15 is 0 Å². The Morgan fingerprint density at radius 3 is 2.53 bits per heavy atom. The van der Waals surface area contributed by atoms with Crippen molar-refractivity contribution in [2.75, 3.05) is 21.1 Å². The first-order valence-electron chi connectivity index (χ1n) is 6.27. The monoisotopic (exact) mass is 262 g/mol. The van der Waals surface area contributed by atoms with Crippen LogP contribution in [0.3, 0.4) is 0 Å². The third-order valence-electron chi connectivity index (χ3n) is 2.92. The number of hydrogen-bond acceptors (Lipinski definition) is 3. The van der Waals surface area contributed by atoms with Crippen molar-refractivity contribution in [1.82, 2.24) is 10.2 Å². The molecule has 102 valence electrons. The zero-order valence-electron chi connectivity index (χ0n) is 11.4. The van der Waals surface area contributed by atoms with Gasteiger partial charge in [-0.2, -0.15) is 0 Å². The van der Waals surface area contributed by atoms with Crippen LogP contribution in [0.15, 0.2) is 18.2 Å². The highest BCUT2D eigenvalue weighted by Gasteiger charge is 2.26. The van der Waals surface area contributed by atoms with Crippen LogP contribution in [0.4, 0.5) is 0 Å². The Morgan fingerprint density at radius 2 is 2.00 bits per heavy atom. The fourth-order valence-electron chi connectivity index (χ4n) is 1.70. The predicted octanol–water partition coefficient (Wildman–Crippen LogP) is 1.29. The number of hydrogen-bond donors (Lipinski definition) is 1. The molecule has 0 aliphatic heterocycles. The highest BCUT2D eigenvalue weighted by molar-refractivity contribution is 6.01. The molecule has 0 saturated heterocycles. The standard InChI is InChI=1S/C14H18N2O3/c1-15-13(17)11-8-9(14(18)16(2)3)4-7-12(11)19-10-5-6-10/h4,7-8,10H,5-6H2,1-3H3,(H,15,17). The molecule has 0 radical (unpaired) electrons. The second-order valence-electron chi connectivity index (χ2n) is 4.81. The molecule has 0 spiro atoms. The van der Waals surface area contributed by atoms with Gasteiger partial charge in [-0.1, -0.05) is 0 Å². The molecule has 0 aromatic heterocycles. The van der Waals surface area contributed by atoms with E-state index in [0.29, 0.717) is 16.9 Å². The summed E-state index contributed by atoms with van der Waals surface area (Å²) in [5, 5.41) is 2.57. The number of benzene rings is 1. The van der Waals surface area contributed by atoms with Gasteiger partial charge in [0, 0.05) is 26.7 Å². The molecule has 1 aromatic carbocycles. The molecule has 5 heteroatoms. The fraction of sp³-hybridized carbons (Fsp3) is 0.429. The van der Waals surface area contributed by atoms with Gasteiger partial charge in [0.1, 0.15) is 5.75 Å². The first-order valence-corrected chi connectivity index (χ1v) is 6.27. The van der Waals surface area contributed by atoms with Crippen molar-refractivity contribution < 1.29 is 14.3 Å². The van der Waals surface area contributed by atoms with E-state index in [4.69, 9.17) is 4.74 Å². The van der Waals surface area contributed by atoms with Crippen molar-refractivity contribution in [3.63, 3.8) is 0 Å². The molecule has 1 aliphatic rings. The van der Waals surface area contributed by atoms with Crippen LogP contribution in [0.1, 0.15) is 33.6 Å². The topological polar surface area (TPSA) is 58.6 Å². The molecule has 2 rings (SSSR count). The molecule has 0 unspecified atom stereocenters. The summed E-state index contributed by atoms with van der Waals surface area (Å²) < 4.78 is 5.69. The molecule has 0 bridgehead atoms. The molecule has 5 nitrogen and oxygen atoms in total. The van der Waals surface area contributed by atoms with Crippen LogP contribution >= 0.6 is 0 Å². The second kappa shape index (κ2) is 5.30. The molecular formula is C14H18N2O3. The van der Waals surface area contributed by atoms with Crippen LogP contribution in [0, 0.1) is 0 Å². The second-order valence-corrected chi connectivity index (χ2v) is 4.81. The normalized spacial score (nSPS) is 13.8. The van der Waals surface area contributed by atoms with Gasteiger partial charge in [-0.3, -0.25) is 9.59 Å². The summed E-state index contributed by atoms with van der Waals surface area (Å²) in [6.45, 7) is 0. The summed E-state index contributed by atoms with van der Waals surface area (Å²) >= 11 is 0. The zero-order chi connectivity index (χ0) is 14.0. The maximum Gasteiger partial charge on any atom is 0.254 e. The van der Waals surface area contributed by atoms with Crippen molar-refractivity contribution in [2.24, 2.45) is 0 Å². The highest BCUT2D eigenvalue weighted by Crippen LogP contribution is 2.29. The quantitative estimate of drug-likeness (QED) is 0.889. The molecule has 19 heavy (non-hydrogen) atoms. The Morgan fingerprint density at radius 1 is 1.32 bits per heavy atom. The molecule has 1 N–H and O–H groups in total. The van der Waals surface area contributed by atoms with E-state index in [1.165, 1.54) is 4.90 Å². The van der Waals surface area contributed by atoms with Crippen LogP contribution in [-0.4, -0.2) is 44.0 Å². The lowest BCUT2D eigenvalue weighted by atomic mass is 10.1. The van der Waals surface area contributed by atoms with Crippen molar-refractivity contribution in [1.29, 1.82) is 0 Å². The lowest BCUT2D eigenvalue weighted by Gasteiger charge is -2.14. The van der Waals surface area contributed by atoms with Gasteiger partial charge in [-0.05, 0) is 31.0 Å². The van der Waals surface area contributed by atoms with Gasteiger partial charge in [0.15, 0.2) is 0 Å². The fourth-order valence-corrected chi connectivity index (χ4v) is 1.70. The maximum atomic E-state index is 11.9. The minimum atomic E-state index is -0.246. The molecule has 1 saturated carbocycles. The maximum absolute atomic E-state index is 11.9. The van der Waals surface area contributed by atoms with Gasteiger partial charge in [0.2, 0.25) is 0 Å². The first-order chi connectivity index (χ1) is 9.02. The van der Waals surface area contributed by atoms with E-state index in [1.807, 2.05) is 0 Å². The lowest BCUT2D eigenvalue weighted by Crippen LogP contribution is -2.24. The Kier molecular flexibility index (Phi) is 3.74. The minimum absolute atomic E-state index is 0.136. The average Bonchev–Trinajstić information content (AvgIpc) is 3.21.